The smallest absolute Gasteiger partial charge is 0.279 e. The summed E-state index contributed by atoms with van der Waals surface area (Å²) in [5.41, 5.74) is 2.13. The molecular weight excluding hydrogens is 452 g/mol. The van der Waals surface area contributed by atoms with Crippen LogP contribution in [-0.4, -0.2) is 24.3 Å². The van der Waals surface area contributed by atoms with Gasteiger partial charge >= 0.3 is 0 Å². The molecule has 1 aromatic heterocycles. The molecule has 8 nitrogen and oxygen atoms in total. The van der Waals surface area contributed by atoms with Crippen LogP contribution >= 0.6 is 11.6 Å². The summed E-state index contributed by atoms with van der Waals surface area (Å²) in [6.07, 6.45) is 0. The number of primary sulfonamides is 1. The number of hydrogen-bond acceptors (Lipinski definition) is 6. The van der Waals surface area contributed by atoms with E-state index in [1.165, 1.54) is 24.3 Å². The first-order valence-electron chi connectivity index (χ1n) is 9.37. The zero-order chi connectivity index (χ0) is 22.7. The fourth-order valence-corrected chi connectivity index (χ4v) is 3.64. The summed E-state index contributed by atoms with van der Waals surface area (Å²) in [6, 6.07) is 19.7. The van der Waals surface area contributed by atoms with Gasteiger partial charge in [-0.15, -0.1) is 11.6 Å². The van der Waals surface area contributed by atoms with Crippen molar-refractivity contribution in [1.82, 2.24) is 9.97 Å². The molecule has 162 valence electrons. The molecule has 0 saturated carbocycles. The molecule has 4 rings (SSSR count). The van der Waals surface area contributed by atoms with E-state index in [1.807, 2.05) is 0 Å². The number of sulfonamides is 1. The number of rotatable bonds is 6. The Kier molecular flexibility index (Phi) is 6.04. The van der Waals surface area contributed by atoms with E-state index in [1.54, 1.807) is 48.5 Å². The van der Waals surface area contributed by atoms with Gasteiger partial charge < -0.3 is 10.1 Å². The van der Waals surface area contributed by atoms with Crippen LogP contribution in [0.5, 0.6) is 11.6 Å². The van der Waals surface area contributed by atoms with Crippen molar-refractivity contribution in [2.45, 2.75) is 10.8 Å². The number of carbonyl (C=O) groups excluding carboxylic acids is 1. The number of ether oxygens (including phenoxy) is 1. The molecule has 0 saturated heterocycles. The first-order chi connectivity index (χ1) is 15.3. The zero-order valence-corrected chi connectivity index (χ0v) is 18.1. The summed E-state index contributed by atoms with van der Waals surface area (Å²) in [5, 5.41) is 7.79. The van der Waals surface area contributed by atoms with Gasteiger partial charge in [-0.3, -0.25) is 4.79 Å². The van der Waals surface area contributed by atoms with E-state index in [2.05, 4.69) is 15.3 Å². The highest BCUT2D eigenvalue weighted by Crippen LogP contribution is 2.26. The number of hydrogen-bond donors (Lipinski definition) is 2. The van der Waals surface area contributed by atoms with Crippen LogP contribution in [0.4, 0.5) is 5.69 Å². The number of anilines is 1. The third-order valence-corrected chi connectivity index (χ3v) is 5.69. The minimum absolute atomic E-state index is 0.00224. The quantitative estimate of drug-likeness (QED) is 0.411. The van der Waals surface area contributed by atoms with Crippen molar-refractivity contribution in [2.24, 2.45) is 5.14 Å². The summed E-state index contributed by atoms with van der Waals surface area (Å²) in [4.78, 5) is 21.8. The van der Waals surface area contributed by atoms with E-state index in [9.17, 15) is 13.2 Å². The van der Waals surface area contributed by atoms with E-state index in [0.29, 0.717) is 22.7 Å². The van der Waals surface area contributed by atoms with Crippen LogP contribution in [0.2, 0.25) is 0 Å². The lowest BCUT2D eigenvalue weighted by atomic mass is 10.2. The zero-order valence-electron chi connectivity index (χ0n) is 16.5. The van der Waals surface area contributed by atoms with Crippen LogP contribution in [0, 0.1) is 0 Å². The van der Waals surface area contributed by atoms with Crippen LogP contribution < -0.4 is 15.2 Å². The summed E-state index contributed by atoms with van der Waals surface area (Å²) in [6.45, 7) is 0. The number of para-hydroxylation sites is 2. The maximum atomic E-state index is 13.0. The average Bonchev–Trinajstić information content (AvgIpc) is 2.78. The van der Waals surface area contributed by atoms with E-state index < -0.39 is 15.9 Å². The molecule has 0 atom stereocenters. The maximum absolute atomic E-state index is 13.0. The first-order valence-corrected chi connectivity index (χ1v) is 11.5. The Balaban J connectivity index is 1.71. The molecule has 10 heteroatoms. The summed E-state index contributed by atoms with van der Waals surface area (Å²) in [7, 11) is -3.92. The number of nitrogens with zero attached hydrogens (tertiary/aromatic N) is 2. The highest BCUT2D eigenvalue weighted by molar-refractivity contribution is 7.89. The number of nitrogens with one attached hydrogen (secondary N) is 1. The Morgan fingerprint density at radius 2 is 1.66 bits per heavy atom. The molecule has 3 N–H and O–H groups in total. The number of aromatic nitrogens is 2. The number of alkyl halides is 1. The van der Waals surface area contributed by atoms with Crippen molar-refractivity contribution >= 4 is 44.3 Å². The lowest BCUT2D eigenvalue weighted by molar-refractivity contribution is 0.101. The number of halogens is 1. The van der Waals surface area contributed by atoms with Crippen molar-refractivity contribution in [3.05, 3.63) is 84.1 Å². The Labute approximate surface area is 189 Å². The van der Waals surface area contributed by atoms with Crippen molar-refractivity contribution in [3.8, 4) is 11.6 Å². The first kappa shape index (κ1) is 21.7. The Bertz CT molecular complexity index is 1410. The lowest BCUT2D eigenvalue weighted by Gasteiger charge is -2.12. The van der Waals surface area contributed by atoms with Crippen molar-refractivity contribution in [3.63, 3.8) is 0 Å². The van der Waals surface area contributed by atoms with Gasteiger partial charge in [0.25, 0.3) is 11.8 Å². The number of benzene rings is 3. The van der Waals surface area contributed by atoms with Crippen molar-refractivity contribution < 1.29 is 17.9 Å². The summed E-state index contributed by atoms with van der Waals surface area (Å²) < 4.78 is 29.1. The normalized spacial score (nSPS) is 11.3. The fourth-order valence-electron chi connectivity index (χ4n) is 2.90. The second-order valence-corrected chi connectivity index (χ2v) is 8.60. The largest absolute Gasteiger partial charge is 0.437 e. The minimum atomic E-state index is -3.92. The SMILES string of the molecule is NS(=O)(=O)c1cccc(NC(=O)c2nc3ccccc3nc2Oc2ccc(CCl)cc2)c1. The molecule has 0 aliphatic heterocycles. The van der Waals surface area contributed by atoms with Gasteiger partial charge in [-0.1, -0.05) is 30.3 Å². The van der Waals surface area contributed by atoms with Crippen molar-refractivity contribution in [2.75, 3.05) is 5.32 Å². The van der Waals surface area contributed by atoms with Gasteiger partial charge in [0.1, 0.15) is 5.75 Å². The third-order valence-electron chi connectivity index (χ3n) is 4.47. The molecule has 0 radical (unpaired) electrons. The Hall–Kier alpha value is -3.53. The standard InChI is InChI=1S/C22H17ClN4O4S/c23-13-14-8-10-16(11-9-14)31-22-20(26-18-6-1-2-7-19(18)27-22)21(28)25-15-4-3-5-17(12-15)32(24,29)30/h1-12H,13H2,(H,25,28)(H2,24,29,30). The van der Waals surface area contributed by atoms with Gasteiger partial charge in [0, 0.05) is 11.6 Å². The Morgan fingerprint density at radius 1 is 0.969 bits per heavy atom. The molecule has 0 bridgehead atoms. The highest BCUT2D eigenvalue weighted by atomic mass is 35.5. The van der Waals surface area contributed by atoms with Gasteiger partial charge in [0.15, 0.2) is 5.69 Å². The minimum Gasteiger partial charge on any atom is -0.437 e. The van der Waals surface area contributed by atoms with Crippen LogP contribution in [0.1, 0.15) is 16.1 Å². The van der Waals surface area contributed by atoms with Gasteiger partial charge in [-0.2, -0.15) is 0 Å². The number of carbonyl (C=O) groups is 1. The van der Waals surface area contributed by atoms with E-state index in [-0.39, 0.29) is 22.2 Å². The lowest BCUT2D eigenvalue weighted by Crippen LogP contribution is -2.17. The Morgan fingerprint density at radius 3 is 2.31 bits per heavy atom. The number of amides is 1. The van der Waals surface area contributed by atoms with Crippen molar-refractivity contribution in [1.29, 1.82) is 0 Å². The molecule has 0 aliphatic rings. The molecule has 3 aromatic carbocycles. The fraction of sp³-hybridized carbons (Fsp3) is 0.0455. The highest BCUT2D eigenvalue weighted by Gasteiger charge is 2.20. The second kappa shape index (κ2) is 8.91. The molecule has 0 fully saturated rings. The maximum Gasteiger partial charge on any atom is 0.279 e. The van der Waals surface area contributed by atoms with E-state index >= 15 is 0 Å². The molecular formula is C22H17ClN4O4S. The molecule has 0 aliphatic carbocycles. The molecule has 1 amide bonds. The molecule has 0 unspecified atom stereocenters. The monoisotopic (exact) mass is 468 g/mol. The predicted molar refractivity (Wildman–Crippen MR) is 121 cm³/mol. The second-order valence-electron chi connectivity index (χ2n) is 6.77. The van der Waals surface area contributed by atoms with Crippen LogP contribution in [-0.2, 0) is 15.9 Å². The van der Waals surface area contributed by atoms with Crippen LogP contribution in [0.15, 0.2) is 77.7 Å². The summed E-state index contributed by atoms with van der Waals surface area (Å²) in [5.74, 6) is 0.194. The summed E-state index contributed by atoms with van der Waals surface area (Å²) >= 11 is 5.83. The van der Waals surface area contributed by atoms with Gasteiger partial charge in [-0.25, -0.2) is 23.5 Å². The predicted octanol–water partition coefficient (Wildman–Crippen LogP) is 4.06. The average molecular weight is 469 g/mol. The third kappa shape index (κ3) is 4.86. The van der Waals surface area contributed by atoms with E-state index in [4.69, 9.17) is 21.5 Å². The van der Waals surface area contributed by atoms with Gasteiger partial charge in [0.2, 0.25) is 10.0 Å². The van der Waals surface area contributed by atoms with E-state index in [0.717, 1.165) is 5.56 Å². The molecule has 32 heavy (non-hydrogen) atoms. The topological polar surface area (TPSA) is 124 Å². The van der Waals surface area contributed by atoms with Crippen LogP contribution in [0.3, 0.4) is 0 Å². The van der Waals surface area contributed by atoms with Gasteiger partial charge in [0.05, 0.1) is 15.9 Å². The molecule has 1 heterocycles. The van der Waals surface area contributed by atoms with Crippen LogP contribution in [0.25, 0.3) is 11.0 Å². The van der Waals surface area contributed by atoms with Gasteiger partial charge in [-0.05, 0) is 48.0 Å². The number of fused-ring (bicyclic) bond motifs is 1. The molecule has 0 spiro atoms. The molecule has 4 aromatic rings. The number of nitrogens with two attached hydrogens (primary N) is 1.